The number of piperazine rings is 1. The van der Waals surface area contributed by atoms with E-state index in [2.05, 4.69) is 12.2 Å². The van der Waals surface area contributed by atoms with E-state index in [1.165, 1.54) is 12.8 Å². The standard InChI is InChI=1S/C14H26N2O2/c1-4-7-8-9-10-16-12(6-3)13(17)15-11(5-2)14(16)18/h11-12H,4-10H2,1-3H3,(H,15,17). The summed E-state index contributed by atoms with van der Waals surface area (Å²) in [6.07, 6.45) is 5.88. The van der Waals surface area contributed by atoms with Gasteiger partial charge in [-0.2, -0.15) is 0 Å². The van der Waals surface area contributed by atoms with Crippen molar-refractivity contribution in [1.29, 1.82) is 0 Å². The molecule has 0 aromatic heterocycles. The largest absolute Gasteiger partial charge is 0.343 e. The Morgan fingerprint density at radius 1 is 1.06 bits per heavy atom. The zero-order valence-electron chi connectivity index (χ0n) is 11.9. The van der Waals surface area contributed by atoms with Crippen molar-refractivity contribution in [2.24, 2.45) is 0 Å². The second-order valence-electron chi connectivity index (χ2n) is 4.99. The lowest BCUT2D eigenvalue weighted by Crippen LogP contribution is -2.63. The van der Waals surface area contributed by atoms with Gasteiger partial charge in [-0.05, 0) is 19.3 Å². The fourth-order valence-corrected chi connectivity index (χ4v) is 2.48. The van der Waals surface area contributed by atoms with Gasteiger partial charge in [-0.1, -0.05) is 40.0 Å². The van der Waals surface area contributed by atoms with Gasteiger partial charge in [-0.3, -0.25) is 9.59 Å². The van der Waals surface area contributed by atoms with Gasteiger partial charge in [0.15, 0.2) is 0 Å². The van der Waals surface area contributed by atoms with Crippen molar-refractivity contribution in [3.63, 3.8) is 0 Å². The summed E-state index contributed by atoms with van der Waals surface area (Å²) in [4.78, 5) is 26.0. The quantitative estimate of drug-likeness (QED) is 0.707. The molecule has 104 valence electrons. The number of carbonyl (C=O) groups excluding carboxylic acids is 2. The van der Waals surface area contributed by atoms with Crippen LogP contribution in [0.5, 0.6) is 0 Å². The number of hydrogen-bond acceptors (Lipinski definition) is 2. The molecule has 0 aliphatic carbocycles. The molecule has 0 aromatic rings. The molecule has 1 N–H and O–H groups in total. The third kappa shape index (κ3) is 3.47. The topological polar surface area (TPSA) is 49.4 Å². The van der Waals surface area contributed by atoms with Crippen molar-refractivity contribution < 1.29 is 9.59 Å². The predicted octanol–water partition coefficient (Wildman–Crippen LogP) is 2.08. The molecule has 2 unspecified atom stereocenters. The van der Waals surface area contributed by atoms with Crippen LogP contribution >= 0.6 is 0 Å². The van der Waals surface area contributed by atoms with Gasteiger partial charge >= 0.3 is 0 Å². The van der Waals surface area contributed by atoms with E-state index in [4.69, 9.17) is 0 Å². The number of nitrogens with zero attached hydrogens (tertiary/aromatic N) is 1. The maximum atomic E-state index is 12.2. The summed E-state index contributed by atoms with van der Waals surface area (Å²) in [5.74, 6) is 0.111. The molecule has 2 amide bonds. The van der Waals surface area contributed by atoms with Crippen LogP contribution in [-0.4, -0.2) is 35.3 Å². The van der Waals surface area contributed by atoms with Gasteiger partial charge in [0.2, 0.25) is 11.8 Å². The molecule has 0 aromatic carbocycles. The lowest BCUT2D eigenvalue weighted by atomic mass is 10.0. The normalized spacial score (nSPS) is 24.3. The van der Waals surface area contributed by atoms with E-state index in [1.807, 2.05) is 13.8 Å². The van der Waals surface area contributed by atoms with Gasteiger partial charge in [-0.15, -0.1) is 0 Å². The second kappa shape index (κ2) is 7.39. The molecule has 1 saturated heterocycles. The monoisotopic (exact) mass is 254 g/mol. The van der Waals surface area contributed by atoms with Gasteiger partial charge in [0.1, 0.15) is 12.1 Å². The van der Waals surface area contributed by atoms with Crippen LogP contribution in [0.2, 0.25) is 0 Å². The zero-order valence-corrected chi connectivity index (χ0v) is 11.9. The summed E-state index contributed by atoms with van der Waals surface area (Å²) >= 11 is 0. The average Bonchev–Trinajstić information content (AvgIpc) is 2.37. The molecule has 4 heteroatoms. The minimum absolute atomic E-state index is 0.0134. The molecule has 1 rings (SSSR count). The van der Waals surface area contributed by atoms with Crippen LogP contribution in [0, 0.1) is 0 Å². The molecule has 0 spiro atoms. The highest BCUT2D eigenvalue weighted by molar-refractivity contribution is 5.96. The van der Waals surface area contributed by atoms with Crippen molar-refractivity contribution in [3.05, 3.63) is 0 Å². The maximum Gasteiger partial charge on any atom is 0.245 e. The molecule has 0 saturated carbocycles. The van der Waals surface area contributed by atoms with E-state index in [0.717, 1.165) is 19.4 Å². The van der Waals surface area contributed by atoms with E-state index in [-0.39, 0.29) is 23.9 Å². The van der Waals surface area contributed by atoms with Crippen LogP contribution in [0.1, 0.15) is 59.3 Å². The molecular formula is C14H26N2O2. The van der Waals surface area contributed by atoms with Gasteiger partial charge in [0.25, 0.3) is 0 Å². The van der Waals surface area contributed by atoms with Crippen molar-refractivity contribution in [2.75, 3.05) is 6.54 Å². The van der Waals surface area contributed by atoms with E-state index in [0.29, 0.717) is 12.8 Å². The SMILES string of the molecule is CCCCCCN1C(=O)C(CC)NC(=O)C1CC. The summed E-state index contributed by atoms with van der Waals surface area (Å²) in [6.45, 7) is 6.79. The molecule has 18 heavy (non-hydrogen) atoms. The fraction of sp³-hybridized carbons (Fsp3) is 0.857. The Morgan fingerprint density at radius 3 is 2.33 bits per heavy atom. The number of nitrogens with one attached hydrogen (secondary N) is 1. The summed E-state index contributed by atoms with van der Waals surface area (Å²) in [5, 5.41) is 2.82. The van der Waals surface area contributed by atoms with Gasteiger partial charge in [-0.25, -0.2) is 0 Å². The smallest absolute Gasteiger partial charge is 0.245 e. The number of carbonyl (C=O) groups is 2. The first kappa shape index (κ1) is 15.0. The van der Waals surface area contributed by atoms with Gasteiger partial charge in [0.05, 0.1) is 0 Å². The van der Waals surface area contributed by atoms with Crippen LogP contribution in [0.4, 0.5) is 0 Å². The molecule has 1 fully saturated rings. The highest BCUT2D eigenvalue weighted by Crippen LogP contribution is 2.16. The number of unbranched alkanes of at least 4 members (excludes halogenated alkanes) is 3. The van der Waals surface area contributed by atoms with Crippen LogP contribution in [0.15, 0.2) is 0 Å². The average molecular weight is 254 g/mol. The summed E-state index contributed by atoms with van der Waals surface area (Å²) < 4.78 is 0. The van der Waals surface area contributed by atoms with Crippen molar-refractivity contribution >= 4 is 11.8 Å². The Morgan fingerprint density at radius 2 is 1.78 bits per heavy atom. The Labute approximate surface area is 110 Å². The Balaban J connectivity index is 2.62. The Bertz CT molecular complexity index is 292. The van der Waals surface area contributed by atoms with E-state index in [9.17, 15) is 9.59 Å². The number of hydrogen-bond donors (Lipinski definition) is 1. The first-order chi connectivity index (χ1) is 8.65. The molecule has 0 radical (unpaired) electrons. The summed E-state index contributed by atoms with van der Waals surface area (Å²) in [7, 11) is 0. The van der Waals surface area contributed by atoms with Crippen LogP contribution in [0.3, 0.4) is 0 Å². The fourth-order valence-electron chi connectivity index (χ4n) is 2.48. The van der Waals surface area contributed by atoms with E-state index < -0.39 is 0 Å². The summed E-state index contributed by atoms with van der Waals surface area (Å²) in [5.41, 5.74) is 0. The lowest BCUT2D eigenvalue weighted by Gasteiger charge is -2.38. The van der Waals surface area contributed by atoms with Crippen molar-refractivity contribution in [2.45, 2.75) is 71.4 Å². The third-order valence-corrected chi connectivity index (χ3v) is 3.62. The minimum atomic E-state index is -0.313. The second-order valence-corrected chi connectivity index (χ2v) is 4.99. The first-order valence-electron chi connectivity index (χ1n) is 7.26. The lowest BCUT2D eigenvalue weighted by molar-refractivity contribution is -0.149. The molecule has 4 nitrogen and oxygen atoms in total. The molecule has 1 aliphatic rings. The third-order valence-electron chi connectivity index (χ3n) is 3.62. The molecule has 2 atom stereocenters. The molecular weight excluding hydrogens is 228 g/mol. The molecule has 1 heterocycles. The van der Waals surface area contributed by atoms with Crippen LogP contribution in [-0.2, 0) is 9.59 Å². The minimum Gasteiger partial charge on any atom is -0.343 e. The Kier molecular flexibility index (Phi) is 6.16. The van der Waals surface area contributed by atoms with Crippen LogP contribution < -0.4 is 5.32 Å². The Hall–Kier alpha value is -1.06. The number of amides is 2. The van der Waals surface area contributed by atoms with Gasteiger partial charge < -0.3 is 10.2 Å². The molecule has 0 bridgehead atoms. The van der Waals surface area contributed by atoms with Crippen LogP contribution in [0.25, 0.3) is 0 Å². The predicted molar refractivity (Wildman–Crippen MR) is 72.2 cm³/mol. The highest BCUT2D eigenvalue weighted by atomic mass is 16.2. The van der Waals surface area contributed by atoms with Gasteiger partial charge in [0, 0.05) is 6.54 Å². The molecule has 1 aliphatic heterocycles. The summed E-state index contributed by atoms with van der Waals surface area (Å²) in [6, 6.07) is -0.576. The first-order valence-corrected chi connectivity index (χ1v) is 7.26. The van der Waals surface area contributed by atoms with E-state index >= 15 is 0 Å². The number of rotatable bonds is 7. The maximum absolute atomic E-state index is 12.2. The van der Waals surface area contributed by atoms with Crippen molar-refractivity contribution in [1.82, 2.24) is 10.2 Å². The highest BCUT2D eigenvalue weighted by Gasteiger charge is 2.38. The van der Waals surface area contributed by atoms with E-state index in [1.54, 1.807) is 4.90 Å². The zero-order chi connectivity index (χ0) is 13.5. The van der Waals surface area contributed by atoms with Crippen molar-refractivity contribution in [3.8, 4) is 0 Å².